The number of aryl methyl sites for hydroxylation is 1. The Labute approximate surface area is 181 Å². The second-order valence-corrected chi connectivity index (χ2v) is 8.90. The Bertz CT molecular complexity index is 846. The quantitative estimate of drug-likeness (QED) is 0.504. The second-order valence-electron chi connectivity index (χ2n) is 7.84. The zero-order valence-corrected chi connectivity index (χ0v) is 18.7. The molecule has 5 nitrogen and oxygen atoms in total. The van der Waals surface area contributed by atoms with Crippen molar-refractivity contribution in [2.24, 2.45) is 10.9 Å². The van der Waals surface area contributed by atoms with E-state index >= 15 is 0 Å². The molecule has 1 saturated heterocycles. The summed E-state index contributed by atoms with van der Waals surface area (Å²) in [5.41, 5.74) is 1.85. The van der Waals surface area contributed by atoms with E-state index in [0.717, 1.165) is 56.6 Å². The molecular formula is C22H31F2N5S. The minimum absolute atomic E-state index is 0.179. The monoisotopic (exact) mass is 435 g/mol. The van der Waals surface area contributed by atoms with E-state index in [4.69, 9.17) is 4.99 Å². The molecule has 164 valence electrons. The first-order valence-electron chi connectivity index (χ1n) is 10.6. The van der Waals surface area contributed by atoms with Crippen molar-refractivity contribution in [2.45, 2.75) is 46.2 Å². The average Bonchev–Trinajstić information content (AvgIpc) is 3.14. The van der Waals surface area contributed by atoms with Gasteiger partial charge in [0.2, 0.25) is 0 Å². The SMILES string of the molecule is CCNC(=NCC1CCN(Cc2csc(C)n2)CC1)NC(C)c1ccc(F)c(F)c1. The lowest BCUT2D eigenvalue weighted by atomic mass is 9.97. The Morgan fingerprint density at radius 2 is 2.07 bits per heavy atom. The summed E-state index contributed by atoms with van der Waals surface area (Å²) >= 11 is 1.71. The molecule has 0 bridgehead atoms. The van der Waals surface area contributed by atoms with E-state index in [1.165, 1.54) is 11.8 Å². The number of thiazole rings is 1. The minimum Gasteiger partial charge on any atom is -0.357 e. The lowest BCUT2D eigenvalue weighted by Crippen LogP contribution is -2.39. The van der Waals surface area contributed by atoms with Gasteiger partial charge in [-0.15, -0.1) is 11.3 Å². The lowest BCUT2D eigenvalue weighted by Gasteiger charge is -2.31. The number of hydrogen-bond donors (Lipinski definition) is 2. The van der Waals surface area contributed by atoms with Crippen LogP contribution in [0, 0.1) is 24.5 Å². The molecule has 1 aromatic carbocycles. The molecule has 8 heteroatoms. The predicted octanol–water partition coefficient (Wildman–Crippen LogP) is 4.26. The predicted molar refractivity (Wildman–Crippen MR) is 119 cm³/mol. The summed E-state index contributed by atoms with van der Waals surface area (Å²) in [5.74, 6) is -0.409. The second kappa shape index (κ2) is 10.8. The summed E-state index contributed by atoms with van der Waals surface area (Å²) in [4.78, 5) is 11.8. The number of likely N-dealkylation sites (tertiary alicyclic amines) is 1. The Kier molecular flexibility index (Phi) is 8.16. The third kappa shape index (κ3) is 6.47. The number of piperidine rings is 1. The van der Waals surface area contributed by atoms with E-state index in [2.05, 4.69) is 25.9 Å². The number of aliphatic imine (C=N–C) groups is 1. The van der Waals surface area contributed by atoms with Gasteiger partial charge >= 0.3 is 0 Å². The number of halogens is 2. The molecule has 1 aliphatic heterocycles. The topological polar surface area (TPSA) is 52.6 Å². The molecule has 0 saturated carbocycles. The van der Waals surface area contributed by atoms with Crippen molar-refractivity contribution in [3.8, 4) is 0 Å². The van der Waals surface area contributed by atoms with E-state index in [-0.39, 0.29) is 6.04 Å². The maximum absolute atomic E-state index is 13.5. The fourth-order valence-electron chi connectivity index (χ4n) is 3.65. The summed E-state index contributed by atoms with van der Waals surface area (Å²) in [6.45, 7) is 10.5. The lowest BCUT2D eigenvalue weighted by molar-refractivity contribution is 0.179. The number of benzene rings is 1. The van der Waals surface area contributed by atoms with Gasteiger partial charge in [0.05, 0.1) is 16.7 Å². The van der Waals surface area contributed by atoms with Gasteiger partial charge in [-0.3, -0.25) is 9.89 Å². The molecule has 2 aromatic rings. The molecule has 3 rings (SSSR count). The first kappa shape index (κ1) is 22.6. The number of guanidine groups is 1. The van der Waals surface area contributed by atoms with Crippen LogP contribution in [0.25, 0.3) is 0 Å². The Morgan fingerprint density at radius 3 is 2.70 bits per heavy atom. The van der Waals surface area contributed by atoms with Gasteiger partial charge in [0.25, 0.3) is 0 Å². The zero-order valence-electron chi connectivity index (χ0n) is 17.9. The van der Waals surface area contributed by atoms with Crippen LogP contribution < -0.4 is 10.6 Å². The van der Waals surface area contributed by atoms with Crippen molar-refractivity contribution in [1.82, 2.24) is 20.5 Å². The number of hydrogen-bond acceptors (Lipinski definition) is 4. The summed E-state index contributed by atoms with van der Waals surface area (Å²) in [6, 6.07) is 3.81. The summed E-state index contributed by atoms with van der Waals surface area (Å²) in [6.07, 6.45) is 2.23. The normalized spacial score (nSPS) is 17.2. The van der Waals surface area contributed by atoms with Gasteiger partial charge in [-0.25, -0.2) is 13.8 Å². The molecule has 0 spiro atoms. The van der Waals surface area contributed by atoms with Crippen molar-refractivity contribution in [1.29, 1.82) is 0 Å². The van der Waals surface area contributed by atoms with Crippen LogP contribution in [0.1, 0.15) is 49.0 Å². The third-order valence-electron chi connectivity index (χ3n) is 5.41. The van der Waals surface area contributed by atoms with Crippen LogP contribution in [0.15, 0.2) is 28.6 Å². The fraction of sp³-hybridized carbons (Fsp3) is 0.545. The number of nitrogens with one attached hydrogen (secondary N) is 2. The summed E-state index contributed by atoms with van der Waals surface area (Å²) < 4.78 is 26.7. The Morgan fingerprint density at radius 1 is 1.30 bits per heavy atom. The highest BCUT2D eigenvalue weighted by Gasteiger charge is 2.20. The van der Waals surface area contributed by atoms with Crippen molar-refractivity contribution in [3.05, 3.63) is 51.5 Å². The van der Waals surface area contributed by atoms with Crippen LogP contribution in [0.2, 0.25) is 0 Å². The van der Waals surface area contributed by atoms with Gasteiger partial charge in [-0.1, -0.05) is 6.07 Å². The van der Waals surface area contributed by atoms with E-state index in [1.807, 2.05) is 20.8 Å². The molecule has 0 amide bonds. The van der Waals surface area contributed by atoms with Crippen LogP contribution in [0.4, 0.5) is 8.78 Å². The largest absolute Gasteiger partial charge is 0.357 e. The fourth-order valence-corrected chi connectivity index (χ4v) is 4.25. The van der Waals surface area contributed by atoms with Crippen molar-refractivity contribution in [2.75, 3.05) is 26.2 Å². The minimum atomic E-state index is -0.831. The molecule has 30 heavy (non-hydrogen) atoms. The first-order valence-corrected chi connectivity index (χ1v) is 11.5. The standard InChI is InChI=1S/C22H31F2N5S/c1-4-25-22(27-15(2)18-5-6-20(23)21(24)11-18)26-12-17-7-9-29(10-8-17)13-19-14-30-16(3)28-19/h5-6,11,14-15,17H,4,7-10,12-13H2,1-3H3,(H2,25,26,27). The zero-order chi connectivity index (χ0) is 21.5. The molecule has 1 aliphatic rings. The van der Waals surface area contributed by atoms with Crippen molar-refractivity contribution >= 4 is 17.3 Å². The van der Waals surface area contributed by atoms with E-state index < -0.39 is 11.6 Å². The van der Waals surface area contributed by atoms with E-state index in [1.54, 1.807) is 17.4 Å². The van der Waals surface area contributed by atoms with Gasteiger partial charge in [0.1, 0.15) is 0 Å². The Hall–Kier alpha value is -2.06. The molecular weight excluding hydrogens is 404 g/mol. The highest BCUT2D eigenvalue weighted by atomic mass is 32.1. The van der Waals surface area contributed by atoms with Gasteiger partial charge < -0.3 is 10.6 Å². The van der Waals surface area contributed by atoms with Crippen LogP contribution in [-0.4, -0.2) is 42.0 Å². The molecule has 0 aliphatic carbocycles. The van der Waals surface area contributed by atoms with Crippen LogP contribution in [-0.2, 0) is 6.54 Å². The van der Waals surface area contributed by atoms with Gasteiger partial charge in [-0.2, -0.15) is 0 Å². The van der Waals surface area contributed by atoms with Gasteiger partial charge in [-0.05, 0) is 70.3 Å². The highest BCUT2D eigenvalue weighted by molar-refractivity contribution is 7.09. The first-order chi connectivity index (χ1) is 14.4. The number of rotatable bonds is 7. The molecule has 1 unspecified atom stereocenters. The van der Waals surface area contributed by atoms with Gasteiger partial charge in [0.15, 0.2) is 17.6 Å². The maximum Gasteiger partial charge on any atom is 0.191 e. The Balaban J connectivity index is 1.50. The molecule has 2 heterocycles. The average molecular weight is 436 g/mol. The smallest absolute Gasteiger partial charge is 0.191 e. The summed E-state index contributed by atoms with van der Waals surface area (Å²) in [7, 11) is 0. The van der Waals surface area contributed by atoms with Crippen molar-refractivity contribution < 1.29 is 8.78 Å². The highest BCUT2D eigenvalue weighted by Crippen LogP contribution is 2.20. The third-order valence-corrected chi connectivity index (χ3v) is 6.23. The summed E-state index contributed by atoms with van der Waals surface area (Å²) in [5, 5.41) is 9.81. The molecule has 1 aromatic heterocycles. The van der Waals surface area contributed by atoms with Crippen molar-refractivity contribution in [3.63, 3.8) is 0 Å². The van der Waals surface area contributed by atoms with E-state index in [9.17, 15) is 8.78 Å². The van der Waals surface area contributed by atoms with Crippen LogP contribution in [0.3, 0.4) is 0 Å². The molecule has 1 atom stereocenters. The van der Waals surface area contributed by atoms with Crippen LogP contribution >= 0.6 is 11.3 Å². The molecule has 0 radical (unpaired) electrons. The number of nitrogens with zero attached hydrogens (tertiary/aromatic N) is 3. The van der Waals surface area contributed by atoms with Crippen LogP contribution in [0.5, 0.6) is 0 Å². The van der Waals surface area contributed by atoms with E-state index in [0.29, 0.717) is 17.4 Å². The molecule has 1 fully saturated rings. The molecule has 2 N–H and O–H groups in total. The van der Waals surface area contributed by atoms with Gasteiger partial charge in [0, 0.05) is 25.0 Å². The maximum atomic E-state index is 13.5. The number of aromatic nitrogens is 1.